The molecule has 0 bridgehead atoms. The standard InChI is InChI=1S/C21H22N4O3S4/c1-10-11(2)29-14(22(10)4)9-8-13-17(26)24(6)20(31-13)16-19(28)25(7)21(32-16)15-18(27)23(5)12(3)30-15/h8-9H,3H2,1-2,4-7H3/b13-8?,14-9?,20-16+,21-15+. The second-order valence-corrected chi connectivity index (χ2v) is 11.7. The van der Waals surface area contributed by atoms with Crippen LogP contribution in [-0.4, -0.2) is 25.6 Å². The smallest absolute Gasteiger partial charge is 0.271 e. The van der Waals surface area contributed by atoms with Gasteiger partial charge in [-0.25, -0.2) is 0 Å². The van der Waals surface area contributed by atoms with Crippen molar-refractivity contribution < 1.29 is 0 Å². The topological polar surface area (TPSA) is 69.2 Å². The zero-order valence-electron chi connectivity index (χ0n) is 18.5. The molecule has 3 aromatic rings. The van der Waals surface area contributed by atoms with Crippen molar-refractivity contribution in [3.05, 3.63) is 80.4 Å². The number of thioether (sulfide) groups is 1. The van der Waals surface area contributed by atoms with Gasteiger partial charge in [-0.3, -0.25) is 14.4 Å². The molecule has 3 aromatic heterocycles. The first kappa shape index (κ1) is 22.8. The second kappa shape index (κ2) is 8.22. The molecule has 0 saturated heterocycles. The molecule has 0 N–H and O–H groups in total. The minimum absolute atomic E-state index is 0.155. The molecule has 0 spiro atoms. The Morgan fingerprint density at radius 2 is 1.31 bits per heavy atom. The number of rotatable bonds is 1. The first-order valence-electron chi connectivity index (χ1n) is 9.59. The SMILES string of the molecule is C=c1s/c(=c2/s/c(=c3/sc(=CC=C4SC(C)=C(C)N4C)c(=O)n3C)c(=O)n2C)c(=O)n1C. The van der Waals surface area contributed by atoms with Crippen LogP contribution in [0.15, 0.2) is 36.1 Å². The summed E-state index contributed by atoms with van der Waals surface area (Å²) in [5.41, 5.74) is 0.628. The Bertz CT molecular complexity index is 1810. The number of aromatic nitrogens is 3. The molecule has 11 heteroatoms. The van der Waals surface area contributed by atoms with Crippen molar-refractivity contribution >= 4 is 58.4 Å². The first-order chi connectivity index (χ1) is 15.0. The summed E-state index contributed by atoms with van der Waals surface area (Å²) in [6, 6.07) is 0. The minimum atomic E-state index is -0.227. The van der Waals surface area contributed by atoms with Gasteiger partial charge in [0.05, 0.1) is 14.2 Å². The molecule has 7 nitrogen and oxygen atoms in total. The molecule has 32 heavy (non-hydrogen) atoms. The third-order valence-corrected chi connectivity index (χ3v) is 10.5. The zero-order chi connectivity index (χ0) is 23.5. The first-order valence-corrected chi connectivity index (χ1v) is 12.9. The van der Waals surface area contributed by atoms with Crippen molar-refractivity contribution in [1.29, 1.82) is 0 Å². The maximum Gasteiger partial charge on any atom is 0.271 e. The molecule has 0 aliphatic carbocycles. The van der Waals surface area contributed by atoms with Crippen LogP contribution in [0.25, 0.3) is 12.7 Å². The van der Waals surface area contributed by atoms with E-state index in [9.17, 15) is 14.4 Å². The van der Waals surface area contributed by atoms with Crippen LogP contribution in [0.1, 0.15) is 13.8 Å². The normalized spacial score (nSPS) is 18.5. The van der Waals surface area contributed by atoms with Gasteiger partial charge in [0.2, 0.25) is 0 Å². The van der Waals surface area contributed by atoms with Gasteiger partial charge in [-0.15, -0.1) is 34.0 Å². The Hall–Kier alpha value is -2.34. The van der Waals surface area contributed by atoms with Crippen LogP contribution in [0.4, 0.5) is 0 Å². The van der Waals surface area contributed by atoms with Crippen molar-refractivity contribution in [2.24, 2.45) is 21.1 Å². The quantitative estimate of drug-likeness (QED) is 0.501. The summed E-state index contributed by atoms with van der Waals surface area (Å²) < 4.78 is 7.70. The maximum atomic E-state index is 13.0. The summed E-state index contributed by atoms with van der Waals surface area (Å²) >= 11 is 5.44. The minimum Gasteiger partial charge on any atom is -0.342 e. The Labute approximate surface area is 198 Å². The highest BCUT2D eigenvalue weighted by molar-refractivity contribution is 8.06. The fourth-order valence-electron chi connectivity index (χ4n) is 3.19. The average Bonchev–Trinajstić information content (AvgIpc) is 3.39. The van der Waals surface area contributed by atoms with Gasteiger partial charge in [-0.05, 0) is 26.0 Å². The maximum absolute atomic E-state index is 13.0. The summed E-state index contributed by atoms with van der Waals surface area (Å²) in [6.45, 7) is 8.01. The van der Waals surface area contributed by atoms with E-state index in [1.165, 1.54) is 58.3 Å². The second-order valence-electron chi connectivity index (χ2n) is 7.40. The number of thiazole rings is 3. The van der Waals surface area contributed by atoms with Gasteiger partial charge < -0.3 is 18.6 Å². The van der Waals surface area contributed by atoms with Crippen LogP contribution >= 0.6 is 45.8 Å². The van der Waals surface area contributed by atoms with Crippen LogP contribution in [0.2, 0.25) is 0 Å². The summed E-state index contributed by atoms with van der Waals surface area (Å²) in [6.07, 6.45) is 3.75. The lowest BCUT2D eigenvalue weighted by molar-refractivity contribution is 0.564. The molecule has 1 aliphatic heterocycles. The fourth-order valence-corrected chi connectivity index (χ4v) is 7.61. The molecule has 4 rings (SSSR count). The molecule has 0 fully saturated rings. The average molecular weight is 507 g/mol. The lowest BCUT2D eigenvalue weighted by Crippen LogP contribution is -2.25. The van der Waals surface area contributed by atoms with Crippen molar-refractivity contribution in [2.75, 3.05) is 7.05 Å². The number of hydrogen-bond donors (Lipinski definition) is 0. The van der Waals surface area contributed by atoms with E-state index in [1.807, 2.05) is 19.2 Å². The monoisotopic (exact) mass is 506 g/mol. The third kappa shape index (κ3) is 3.53. The van der Waals surface area contributed by atoms with Crippen LogP contribution in [-0.2, 0) is 21.1 Å². The summed E-state index contributed by atoms with van der Waals surface area (Å²) in [5, 5.41) is 1.05. The molecule has 4 heterocycles. The van der Waals surface area contributed by atoms with Gasteiger partial charge in [-0.1, -0.05) is 18.3 Å². The summed E-state index contributed by atoms with van der Waals surface area (Å²) in [5.74, 6) is 0. The Morgan fingerprint density at radius 3 is 1.88 bits per heavy atom. The molecule has 168 valence electrons. The van der Waals surface area contributed by atoms with E-state index in [1.54, 1.807) is 32.9 Å². The molecular formula is C21H22N4O3S4. The summed E-state index contributed by atoms with van der Waals surface area (Å²) in [7, 11) is 6.98. The van der Waals surface area contributed by atoms with Crippen molar-refractivity contribution in [1.82, 2.24) is 18.6 Å². The van der Waals surface area contributed by atoms with Gasteiger partial charge in [0.15, 0.2) is 0 Å². The fraction of sp³-hybridized carbons (Fsp3) is 0.286. The lowest BCUT2D eigenvalue weighted by atomic mass is 10.4. The number of nitrogens with zero attached hydrogens (tertiary/aromatic N) is 4. The van der Waals surface area contributed by atoms with Gasteiger partial charge in [0.1, 0.15) is 18.4 Å². The van der Waals surface area contributed by atoms with Gasteiger partial charge in [0, 0.05) is 38.8 Å². The molecule has 0 atom stereocenters. The van der Waals surface area contributed by atoms with E-state index >= 15 is 0 Å². The third-order valence-electron chi connectivity index (χ3n) is 5.49. The number of hydrogen-bond acceptors (Lipinski definition) is 8. The van der Waals surface area contributed by atoms with Crippen LogP contribution in [0, 0.1) is 18.4 Å². The largest absolute Gasteiger partial charge is 0.342 e. The Morgan fingerprint density at radius 1 is 0.750 bits per heavy atom. The summed E-state index contributed by atoms with van der Waals surface area (Å²) in [4.78, 5) is 41.8. The molecule has 0 radical (unpaired) electrons. The Kier molecular flexibility index (Phi) is 5.86. The van der Waals surface area contributed by atoms with E-state index < -0.39 is 0 Å². The Balaban J connectivity index is 2.04. The van der Waals surface area contributed by atoms with Crippen LogP contribution in [0.3, 0.4) is 0 Å². The van der Waals surface area contributed by atoms with E-state index in [4.69, 9.17) is 0 Å². The van der Waals surface area contributed by atoms with Gasteiger partial charge in [0.25, 0.3) is 16.7 Å². The highest BCUT2D eigenvalue weighted by Gasteiger charge is 2.18. The predicted molar refractivity (Wildman–Crippen MR) is 135 cm³/mol. The molecule has 1 aliphatic rings. The molecule has 0 unspecified atom stereocenters. The molecule has 0 amide bonds. The van der Waals surface area contributed by atoms with Crippen molar-refractivity contribution in [2.45, 2.75) is 13.8 Å². The van der Waals surface area contributed by atoms with Crippen LogP contribution in [0.5, 0.6) is 0 Å². The van der Waals surface area contributed by atoms with E-state index in [-0.39, 0.29) is 16.7 Å². The van der Waals surface area contributed by atoms with Crippen molar-refractivity contribution in [3.63, 3.8) is 0 Å². The van der Waals surface area contributed by atoms with E-state index in [0.717, 1.165) is 5.03 Å². The van der Waals surface area contributed by atoms with Crippen LogP contribution < -0.4 is 25.9 Å². The predicted octanol–water partition coefficient (Wildman–Crippen LogP) is 1.50. The molecule has 0 aromatic carbocycles. The molecule has 0 saturated carbocycles. The van der Waals surface area contributed by atoms with Gasteiger partial charge >= 0.3 is 0 Å². The molecular weight excluding hydrogens is 485 g/mol. The van der Waals surface area contributed by atoms with E-state index in [2.05, 4.69) is 25.3 Å². The zero-order valence-corrected chi connectivity index (χ0v) is 21.8. The number of allylic oxidation sites excluding steroid dienone is 3. The van der Waals surface area contributed by atoms with Gasteiger partial charge in [-0.2, -0.15) is 0 Å². The highest BCUT2D eigenvalue weighted by Crippen LogP contribution is 2.39. The highest BCUT2D eigenvalue weighted by atomic mass is 32.2. The van der Waals surface area contributed by atoms with E-state index in [0.29, 0.717) is 27.6 Å². The lowest BCUT2D eigenvalue weighted by Gasteiger charge is -2.13. The van der Waals surface area contributed by atoms with Crippen molar-refractivity contribution in [3.8, 4) is 0 Å².